The number of guanidine groups is 1. The third-order valence-electron chi connectivity index (χ3n) is 4.58. The maximum absolute atomic E-state index is 12.4. The van der Waals surface area contributed by atoms with Crippen LogP contribution < -0.4 is 5.32 Å². The quantitative estimate of drug-likeness (QED) is 0.598. The Morgan fingerprint density at radius 2 is 2.12 bits per heavy atom. The number of hydrogen-bond acceptors (Lipinski definition) is 4. The third kappa shape index (κ3) is 7.11. The summed E-state index contributed by atoms with van der Waals surface area (Å²) in [6.45, 7) is 3.73. The molecule has 2 heterocycles. The number of thiazole rings is 1. The Kier molecular flexibility index (Phi) is 7.69. The van der Waals surface area contributed by atoms with Crippen LogP contribution >= 0.6 is 11.3 Å². The van der Waals surface area contributed by atoms with Crippen LogP contribution in [0.2, 0.25) is 0 Å². The highest BCUT2D eigenvalue weighted by Gasteiger charge is 2.32. The highest BCUT2D eigenvalue weighted by atomic mass is 32.1. The third-order valence-corrected chi connectivity index (χ3v) is 5.41. The van der Waals surface area contributed by atoms with Gasteiger partial charge in [0.2, 0.25) is 0 Å². The van der Waals surface area contributed by atoms with Crippen LogP contribution in [0, 0.1) is 12.8 Å². The zero-order valence-corrected chi connectivity index (χ0v) is 16.5. The fourth-order valence-electron chi connectivity index (χ4n) is 3.26. The van der Waals surface area contributed by atoms with Crippen LogP contribution in [0.5, 0.6) is 0 Å². The molecule has 2 rings (SSSR count). The first-order chi connectivity index (χ1) is 12.3. The van der Waals surface area contributed by atoms with Gasteiger partial charge in [-0.3, -0.25) is 9.89 Å². The van der Waals surface area contributed by atoms with E-state index in [1.54, 1.807) is 18.4 Å². The van der Waals surface area contributed by atoms with E-state index in [4.69, 9.17) is 0 Å². The SMILES string of the molecule is CN=C(NCCC1CCN(CC(F)(F)F)CC1)N(C)Cc1csc(C)n1. The zero-order valence-electron chi connectivity index (χ0n) is 15.6. The fourth-order valence-corrected chi connectivity index (χ4v) is 3.86. The van der Waals surface area contributed by atoms with Crippen molar-refractivity contribution >= 4 is 17.3 Å². The standard InChI is InChI=1S/C17H28F3N5S/c1-13-23-15(11-26-13)10-24(3)16(21-2)22-7-4-14-5-8-25(9-6-14)12-17(18,19)20/h11,14H,4-10,12H2,1-3H3,(H,21,22). The maximum atomic E-state index is 12.4. The fraction of sp³-hybridized carbons (Fsp3) is 0.765. The molecule has 5 nitrogen and oxygen atoms in total. The molecule has 0 spiro atoms. The van der Waals surface area contributed by atoms with Crippen LogP contribution in [0.15, 0.2) is 10.4 Å². The monoisotopic (exact) mass is 391 g/mol. The van der Waals surface area contributed by atoms with Gasteiger partial charge < -0.3 is 10.2 Å². The molecule has 0 radical (unpaired) electrons. The molecule has 0 aromatic carbocycles. The Balaban J connectivity index is 1.68. The van der Waals surface area contributed by atoms with Crippen molar-refractivity contribution in [2.75, 3.05) is 40.3 Å². The van der Waals surface area contributed by atoms with E-state index in [1.807, 2.05) is 24.3 Å². The number of hydrogen-bond donors (Lipinski definition) is 1. The molecule has 1 fully saturated rings. The van der Waals surface area contributed by atoms with Crippen molar-refractivity contribution in [2.45, 2.75) is 38.9 Å². The topological polar surface area (TPSA) is 43.8 Å². The lowest BCUT2D eigenvalue weighted by Gasteiger charge is -2.32. The molecule has 1 saturated heterocycles. The molecule has 9 heteroatoms. The van der Waals surface area contributed by atoms with Crippen molar-refractivity contribution in [3.05, 3.63) is 16.1 Å². The number of aromatic nitrogens is 1. The van der Waals surface area contributed by atoms with E-state index in [0.717, 1.165) is 42.5 Å². The summed E-state index contributed by atoms with van der Waals surface area (Å²) >= 11 is 1.63. The van der Waals surface area contributed by atoms with Gasteiger partial charge in [-0.25, -0.2) is 4.98 Å². The van der Waals surface area contributed by atoms with Crippen LogP contribution in [0.3, 0.4) is 0 Å². The van der Waals surface area contributed by atoms with Crippen LogP contribution in [-0.2, 0) is 6.54 Å². The van der Waals surface area contributed by atoms with Crippen LogP contribution in [0.1, 0.15) is 30.0 Å². The van der Waals surface area contributed by atoms with Gasteiger partial charge in [0.1, 0.15) is 0 Å². The number of alkyl halides is 3. The second-order valence-corrected chi connectivity index (χ2v) is 7.87. The van der Waals surface area contributed by atoms with E-state index >= 15 is 0 Å². The number of halogens is 3. The minimum Gasteiger partial charge on any atom is -0.356 e. The first-order valence-electron chi connectivity index (χ1n) is 8.88. The van der Waals surface area contributed by atoms with Gasteiger partial charge in [0.25, 0.3) is 0 Å². The Labute approximate surface area is 157 Å². The Morgan fingerprint density at radius 1 is 1.42 bits per heavy atom. The van der Waals surface area contributed by atoms with Crippen LogP contribution in [-0.4, -0.2) is 67.2 Å². The highest BCUT2D eigenvalue weighted by molar-refractivity contribution is 7.09. The van der Waals surface area contributed by atoms with Crippen LogP contribution in [0.25, 0.3) is 0 Å². The van der Waals surface area contributed by atoms with Crippen molar-refractivity contribution < 1.29 is 13.2 Å². The van der Waals surface area contributed by atoms with Gasteiger partial charge in [-0.15, -0.1) is 11.3 Å². The summed E-state index contributed by atoms with van der Waals surface area (Å²) in [5.74, 6) is 1.28. The van der Waals surface area contributed by atoms with E-state index in [2.05, 4.69) is 15.3 Å². The van der Waals surface area contributed by atoms with Crippen molar-refractivity contribution in [1.82, 2.24) is 20.1 Å². The molecule has 26 heavy (non-hydrogen) atoms. The van der Waals surface area contributed by atoms with Crippen molar-refractivity contribution in [3.8, 4) is 0 Å². The Morgan fingerprint density at radius 3 is 2.65 bits per heavy atom. The largest absolute Gasteiger partial charge is 0.401 e. The van der Waals surface area contributed by atoms with Gasteiger partial charge in [-0.2, -0.15) is 13.2 Å². The van der Waals surface area contributed by atoms with E-state index in [9.17, 15) is 13.2 Å². The molecule has 1 N–H and O–H groups in total. The summed E-state index contributed by atoms with van der Waals surface area (Å²) < 4.78 is 37.3. The van der Waals surface area contributed by atoms with Gasteiger partial charge in [0, 0.05) is 26.0 Å². The molecule has 1 aromatic heterocycles. The van der Waals surface area contributed by atoms with E-state index in [1.165, 1.54) is 4.90 Å². The van der Waals surface area contributed by atoms with Gasteiger partial charge in [0.05, 0.1) is 23.8 Å². The minimum absolute atomic E-state index is 0.469. The second-order valence-electron chi connectivity index (χ2n) is 6.81. The molecule has 0 bridgehead atoms. The molecule has 1 aliphatic rings. The molecule has 0 unspecified atom stereocenters. The second kappa shape index (κ2) is 9.55. The van der Waals surface area contributed by atoms with Crippen molar-refractivity contribution in [1.29, 1.82) is 0 Å². The molecule has 0 aliphatic carbocycles. The van der Waals surface area contributed by atoms with Gasteiger partial charge in [-0.05, 0) is 45.2 Å². The lowest BCUT2D eigenvalue weighted by atomic mass is 9.93. The molecule has 0 saturated carbocycles. The Bertz CT molecular complexity index is 579. The number of likely N-dealkylation sites (tertiary alicyclic amines) is 1. The summed E-state index contributed by atoms with van der Waals surface area (Å²) in [4.78, 5) is 12.3. The number of nitrogens with one attached hydrogen (secondary N) is 1. The average Bonchev–Trinajstić information content (AvgIpc) is 2.96. The smallest absolute Gasteiger partial charge is 0.356 e. The predicted molar refractivity (Wildman–Crippen MR) is 99.5 cm³/mol. The summed E-state index contributed by atoms with van der Waals surface area (Å²) in [6, 6.07) is 0. The number of nitrogens with zero attached hydrogens (tertiary/aromatic N) is 4. The number of piperidine rings is 1. The minimum atomic E-state index is -4.10. The summed E-state index contributed by atoms with van der Waals surface area (Å²) in [5, 5.41) is 6.45. The maximum Gasteiger partial charge on any atom is 0.401 e. The number of rotatable bonds is 6. The first kappa shape index (κ1) is 21.0. The van der Waals surface area contributed by atoms with E-state index in [0.29, 0.717) is 25.6 Å². The summed E-state index contributed by atoms with van der Waals surface area (Å²) in [6.07, 6.45) is -1.50. The lowest BCUT2D eigenvalue weighted by Crippen LogP contribution is -2.42. The summed E-state index contributed by atoms with van der Waals surface area (Å²) in [7, 11) is 3.72. The number of aliphatic imine (C=N–C) groups is 1. The molecule has 1 aromatic rings. The number of aryl methyl sites for hydroxylation is 1. The molecule has 1 aliphatic heterocycles. The Hall–Kier alpha value is -1.35. The summed E-state index contributed by atoms with van der Waals surface area (Å²) in [5.41, 5.74) is 1.02. The zero-order chi connectivity index (χ0) is 19.2. The van der Waals surface area contributed by atoms with Gasteiger partial charge in [-0.1, -0.05) is 0 Å². The van der Waals surface area contributed by atoms with Gasteiger partial charge in [0.15, 0.2) is 5.96 Å². The van der Waals surface area contributed by atoms with E-state index < -0.39 is 12.7 Å². The van der Waals surface area contributed by atoms with Gasteiger partial charge >= 0.3 is 6.18 Å². The molecule has 0 amide bonds. The van der Waals surface area contributed by atoms with Crippen molar-refractivity contribution in [2.24, 2.45) is 10.9 Å². The highest BCUT2D eigenvalue weighted by Crippen LogP contribution is 2.24. The lowest BCUT2D eigenvalue weighted by molar-refractivity contribution is -0.148. The molecule has 0 atom stereocenters. The van der Waals surface area contributed by atoms with Crippen LogP contribution in [0.4, 0.5) is 13.2 Å². The first-order valence-corrected chi connectivity index (χ1v) is 9.76. The predicted octanol–water partition coefficient (Wildman–Crippen LogP) is 3.12. The molecular formula is C17H28F3N5S. The molecule has 148 valence electrons. The van der Waals surface area contributed by atoms with E-state index in [-0.39, 0.29) is 0 Å². The van der Waals surface area contributed by atoms with Crippen molar-refractivity contribution in [3.63, 3.8) is 0 Å². The normalized spacial score (nSPS) is 17.5. The average molecular weight is 392 g/mol. The molecular weight excluding hydrogens is 363 g/mol.